The smallest absolute Gasteiger partial charge is 0.437 e. The number of carbonyl (C=O) groups excluding carboxylic acids is 2. The highest BCUT2D eigenvalue weighted by Gasteiger charge is 2.44. The molecule has 0 saturated carbocycles. The van der Waals surface area contributed by atoms with Crippen molar-refractivity contribution in [3.05, 3.63) is 70.8 Å². The van der Waals surface area contributed by atoms with Crippen molar-refractivity contribution >= 4 is 22.9 Å². The van der Waals surface area contributed by atoms with Crippen LogP contribution in [0.25, 0.3) is 10.8 Å². The number of hydrogen-bond acceptors (Lipinski definition) is 5. The third kappa shape index (κ3) is 3.83. The van der Waals surface area contributed by atoms with Gasteiger partial charge in [0.2, 0.25) is 0 Å². The van der Waals surface area contributed by atoms with Crippen molar-refractivity contribution in [3.63, 3.8) is 0 Å². The SMILES string of the molecule is C=C(C)C(=O)Oc1c2c(c(OC(=O)OC)c3ccccc13)C1C=C(CCC=C(C)C)C2C1. The molecule has 0 fully saturated rings. The van der Waals surface area contributed by atoms with Crippen molar-refractivity contribution in [3.8, 4) is 11.5 Å². The van der Waals surface area contributed by atoms with Crippen LogP contribution in [-0.2, 0) is 9.53 Å². The topological polar surface area (TPSA) is 61.8 Å². The Hall–Kier alpha value is -3.34. The van der Waals surface area contributed by atoms with Gasteiger partial charge in [0.25, 0.3) is 0 Å². The van der Waals surface area contributed by atoms with Crippen molar-refractivity contribution in [2.45, 2.75) is 51.9 Å². The van der Waals surface area contributed by atoms with Gasteiger partial charge in [-0.05, 0) is 40.0 Å². The molecule has 0 N–H and O–H groups in total. The normalized spacial score (nSPS) is 18.1. The van der Waals surface area contributed by atoms with Crippen molar-refractivity contribution < 1.29 is 23.8 Å². The lowest BCUT2D eigenvalue weighted by molar-refractivity contribution is -0.130. The molecule has 166 valence electrons. The van der Waals surface area contributed by atoms with Gasteiger partial charge in [-0.1, -0.05) is 54.1 Å². The number of rotatable bonds is 6. The van der Waals surface area contributed by atoms with Gasteiger partial charge in [0.15, 0.2) is 0 Å². The summed E-state index contributed by atoms with van der Waals surface area (Å²) in [5, 5.41) is 1.45. The maximum Gasteiger partial charge on any atom is 0.513 e. The zero-order valence-corrected chi connectivity index (χ0v) is 19.0. The fraction of sp³-hybridized carbons (Fsp3) is 0.333. The van der Waals surface area contributed by atoms with Gasteiger partial charge in [0.05, 0.1) is 7.11 Å². The highest BCUT2D eigenvalue weighted by molar-refractivity contribution is 6.01. The molecule has 5 nitrogen and oxygen atoms in total. The molecule has 0 saturated heterocycles. The van der Waals surface area contributed by atoms with E-state index in [1.807, 2.05) is 24.3 Å². The first-order valence-electron chi connectivity index (χ1n) is 10.9. The molecule has 0 aliphatic heterocycles. The first-order chi connectivity index (χ1) is 15.3. The molecule has 2 unspecified atom stereocenters. The van der Waals surface area contributed by atoms with Crippen LogP contribution in [0, 0.1) is 0 Å². The Labute approximate surface area is 188 Å². The summed E-state index contributed by atoms with van der Waals surface area (Å²) in [6.07, 6.45) is 6.55. The summed E-state index contributed by atoms with van der Waals surface area (Å²) >= 11 is 0. The van der Waals surface area contributed by atoms with Gasteiger partial charge in [0.1, 0.15) is 11.5 Å². The zero-order valence-electron chi connectivity index (χ0n) is 19.0. The Bertz CT molecular complexity index is 1180. The molecule has 0 radical (unpaired) electrons. The predicted octanol–water partition coefficient (Wildman–Crippen LogP) is 6.72. The molecule has 2 atom stereocenters. The largest absolute Gasteiger partial charge is 0.513 e. The summed E-state index contributed by atoms with van der Waals surface area (Å²) in [5.41, 5.74) is 4.82. The number of allylic oxidation sites excluding steroid dienone is 4. The van der Waals surface area contributed by atoms with Crippen LogP contribution in [0.5, 0.6) is 11.5 Å². The lowest BCUT2D eigenvalue weighted by atomic mass is 9.85. The Morgan fingerprint density at radius 1 is 1.06 bits per heavy atom. The van der Waals surface area contributed by atoms with E-state index in [4.69, 9.17) is 14.2 Å². The van der Waals surface area contributed by atoms with Crippen LogP contribution in [0.15, 0.2) is 59.7 Å². The monoisotopic (exact) mass is 432 g/mol. The first-order valence-corrected chi connectivity index (χ1v) is 10.9. The molecule has 5 heteroatoms. The van der Waals surface area contributed by atoms with E-state index in [1.54, 1.807) is 6.92 Å². The van der Waals surface area contributed by atoms with E-state index in [2.05, 4.69) is 32.6 Å². The number of esters is 1. The van der Waals surface area contributed by atoms with Crippen molar-refractivity contribution in [1.29, 1.82) is 0 Å². The molecule has 0 heterocycles. The predicted molar refractivity (Wildman–Crippen MR) is 124 cm³/mol. The maximum atomic E-state index is 12.6. The van der Waals surface area contributed by atoms with Gasteiger partial charge in [-0.25, -0.2) is 9.59 Å². The highest BCUT2D eigenvalue weighted by atomic mass is 16.7. The van der Waals surface area contributed by atoms with Gasteiger partial charge in [-0.2, -0.15) is 0 Å². The molecule has 2 bridgehead atoms. The fourth-order valence-corrected chi connectivity index (χ4v) is 4.79. The molecule has 0 spiro atoms. The lowest BCUT2D eigenvalue weighted by Crippen LogP contribution is -2.15. The van der Waals surface area contributed by atoms with Gasteiger partial charge in [0, 0.05) is 39.3 Å². The summed E-state index contributed by atoms with van der Waals surface area (Å²) in [6.45, 7) is 9.57. The second-order valence-corrected chi connectivity index (χ2v) is 8.71. The Balaban J connectivity index is 1.89. The molecule has 2 aliphatic rings. The number of benzene rings is 2. The molecular formula is C27H28O5. The third-order valence-corrected chi connectivity index (χ3v) is 6.15. The zero-order chi connectivity index (χ0) is 23.0. The van der Waals surface area contributed by atoms with E-state index in [-0.39, 0.29) is 11.8 Å². The van der Waals surface area contributed by atoms with Crippen LogP contribution in [0.2, 0.25) is 0 Å². The second-order valence-electron chi connectivity index (χ2n) is 8.71. The fourth-order valence-electron chi connectivity index (χ4n) is 4.79. The molecule has 4 rings (SSSR count). The van der Waals surface area contributed by atoms with Gasteiger partial charge in [-0.15, -0.1) is 0 Å². The summed E-state index contributed by atoms with van der Waals surface area (Å²) in [7, 11) is 1.29. The number of hydrogen-bond donors (Lipinski definition) is 0. The molecule has 2 aromatic rings. The number of carbonyl (C=O) groups is 2. The molecule has 2 aromatic carbocycles. The quantitative estimate of drug-likeness (QED) is 0.167. The van der Waals surface area contributed by atoms with E-state index >= 15 is 0 Å². The van der Waals surface area contributed by atoms with Gasteiger partial charge < -0.3 is 14.2 Å². The standard InChI is InChI=1S/C27H28O5/c1-15(2)9-8-10-17-13-18-14-21(17)23-22(18)24(32-27(29)30-5)19-11-6-7-12-20(19)25(23)31-26(28)16(3)4/h6-7,9,11-13,18,21H,3,8,10,14H2,1-2,4-5H3. The van der Waals surface area contributed by atoms with Crippen LogP contribution in [0.3, 0.4) is 0 Å². The summed E-state index contributed by atoms with van der Waals surface area (Å²) in [5.74, 6) is 0.795. The molecule has 2 aliphatic carbocycles. The Morgan fingerprint density at radius 2 is 1.72 bits per heavy atom. The lowest BCUT2D eigenvalue weighted by Gasteiger charge is -2.24. The van der Waals surface area contributed by atoms with Crippen LogP contribution in [0.4, 0.5) is 4.79 Å². The van der Waals surface area contributed by atoms with Crippen LogP contribution < -0.4 is 9.47 Å². The first kappa shape index (κ1) is 21.9. The Kier molecular flexibility index (Phi) is 5.92. The number of methoxy groups -OCH3 is 1. The maximum absolute atomic E-state index is 12.6. The van der Waals surface area contributed by atoms with E-state index in [1.165, 1.54) is 18.3 Å². The minimum Gasteiger partial charge on any atom is -0.437 e. The minimum atomic E-state index is -0.764. The Morgan fingerprint density at radius 3 is 2.31 bits per heavy atom. The average molecular weight is 433 g/mol. The molecule has 32 heavy (non-hydrogen) atoms. The van der Waals surface area contributed by atoms with Crippen LogP contribution in [-0.4, -0.2) is 19.2 Å². The van der Waals surface area contributed by atoms with Crippen molar-refractivity contribution in [1.82, 2.24) is 0 Å². The van der Waals surface area contributed by atoms with Crippen molar-refractivity contribution in [2.24, 2.45) is 0 Å². The van der Waals surface area contributed by atoms with E-state index in [0.717, 1.165) is 35.8 Å². The summed E-state index contributed by atoms with van der Waals surface area (Å²) < 4.78 is 16.4. The van der Waals surface area contributed by atoms with E-state index in [9.17, 15) is 9.59 Å². The van der Waals surface area contributed by atoms with E-state index in [0.29, 0.717) is 22.5 Å². The van der Waals surface area contributed by atoms with Crippen LogP contribution in [0.1, 0.15) is 63.0 Å². The highest BCUT2D eigenvalue weighted by Crippen LogP contribution is 2.61. The number of ether oxygens (including phenoxy) is 3. The minimum absolute atomic E-state index is 0.100. The van der Waals surface area contributed by atoms with Crippen LogP contribution >= 0.6 is 0 Å². The van der Waals surface area contributed by atoms with Crippen molar-refractivity contribution in [2.75, 3.05) is 7.11 Å². The molecular weight excluding hydrogens is 404 g/mol. The number of fused-ring (bicyclic) bond motifs is 6. The molecule has 0 amide bonds. The van der Waals surface area contributed by atoms with Gasteiger partial charge >= 0.3 is 12.1 Å². The second kappa shape index (κ2) is 8.65. The molecule has 0 aromatic heterocycles. The van der Waals surface area contributed by atoms with E-state index < -0.39 is 12.1 Å². The third-order valence-electron chi connectivity index (χ3n) is 6.15. The summed E-state index contributed by atoms with van der Waals surface area (Å²) in [4.78, 5) is 24.6. The van der Waals surface area contributed by atoms with Gasteiger partial charge in [-0.3, -0.25) is 0 Å². The average Bonchev–Trinajstić information content (AvgIpc) is 3.34. The summed E-state index contributed by atoms with van der Waals surface area (Å²) in [6, 6.07) is 7.52.